The predicted octanol–water partition coefficient (Wildman–Crippen LogP) is 4.53. The second kappa shape index (κ2) is 13.8. The van der Waals surface area contributed by atoms with Crippen molar-refractivity contribution in [1.82, 2.24) is 15.5 Å². The van der Waals surface area contributed by atoms with Gasteiger partial charge in [-0.15, -0.1) is 0 Å². The lowest BCUT2D eigenvalue weighted by Crippen LogP contribution is -2.55. The molecule has 3 N–H and O–H groups in total. The van der Waals surface area contributed by atoms with Crippen LogP contribution in [0.2, 0.25) is 0 Å². The maximum absolute atomic E-state index is 13.9. The highest BCUT2D eigenvalue weighted by atomic mass is 16.6. The maximum Gasteiger partial charge on any atom is 0.408 e. The number of ether oxygens (including phenoxy) is 1. The molecule has 3 amide bonds. The van der Waals surface area contributed by atoms with Crippen molar-refractivity contribution in [2.24, 2.45) is 5.92 Å². The SMILES string of the molecule is CCCCNC(=O)C(c1cccc(O)c1)N(CCC)C(=O)C(NC(=O)OC(C)(C)C)C(C)CC. The molecule has 192 valence electrons. The minimum Gasteiger partial charge on any atom is -0.508 e. The molecule has 0 aromatic heterocycles. The Hall–Kier alpha value is -2.77. The molecule has 0 spiro atoms. The van der Waals surface area contributed by atoms with Crippen LogP contribution in [0.3, 0.4) is 0 Å². The molecule has 0 aliphatic carbocycles. The number of carbonyl (C=O) groups is 3. The van der Waals surface area contributed by atoms with E-state index in [4.69, 9.17) is 4.74 Å². The summed E-state index contributed by atoms with van der Waals surface area (Å²) in [4.78, 5) is 41.3. The van der Waals surface area contributed by atoms with E-state index in [0.717, 1.165) is 12.8 Å². The van der Waals surface area contributed by atoms with Crippen LogP contribution < -0.4 is 10.6 Å². The average Bonchev–Trinajstić information content (AvgIpc) is 2.75. The number of hydrogen-bond donors (Lipinski definition) is 3. The fourth-order valence-corrected chi connectivity index (χ4v) is 3.56. The zero-order chi connectivity index (χ0) is 25.9. The normalized spacial score (nSPS) is 14.0. The Labute approximate surface area is 204 Å². The van der Waals surface area contributed by atoms with Gasteiger partial charge in [0.15, 0.2) is 0 Å². The van der Waals surface area contributed by atoms with Crippen LogP contribution >= 0.6 is 0 Å². The molecule has 0 saturated carbocycles. The Morgan fingerprint density at radius 3 is 2.32 bits per heavy atom. The van der Waals surface area contributed by atoms with Crippen molar-refractivity contribution in [1.29, 1.82) is 0 Å². The maximum atomic E-state index is 13.9. The van der Waals surface area contributed by atoms with E-state index >= 15 is 0 Å². The number of aromatic hydroxyl groups is 1. The predicted molar refractivity (Wildman–Crippen MR) is 133 cm³/mol. The van der Waals surface area contributed by atoms with Crippen LogP contribution in [0, 0.1) is 5.92 Å². The van der Waals surface area contributed by atoms with Crippen molar-refractivity contribution in [2.75, 3.05) is 13.1 Å². The summed E-state index contributed by atoms with van der Waals surface area (Å²) in [5.74, 6) is -0.854. The van der Waals surface area contributed by atoms with E-state index in [1.54, 1.807) is 32.9 Å². The smallest absolute Gasteiger partial charge is 0.408 e. The second-order valence-electron chi connectivity index (χ2n) is 9.68. The average molecular weight is 478 g/mol. The van der Waals surface area contributed by atoms with E-state index in [1.165, 1.54) is 17.0 Å². The lowest BCUT2D eigenvalue weighted by molar-refractivity contribution is -0.143. The van der Waals surface area contributed by atoms with Gasteiger partial charge >= 0.3 is 6.09 Å². The number of phenols is 1. The van der Waals surface area contributed by atoms with Crippen LogP contribution in [0.4, 0.5) is 4.79 Å². The number of alkyl carbamates (subject to hydrolysis) is 1. The summed E-state index contributed by atoms with van der Waals surface area (Å²) >= 11 is 0. The molecule has 0 saturated heterocycles. The summed E-state index contributed by atoms with van der Waals surface area (Å²) in [6, 6.07) is 4.58. The van der Waals surface area contributed by atoms with Crippen molar-refractivity contribution < 1.29 is 24.2 Å². The molecule has 8 heteroatoms. The third-order valence-corrected chi connectivity index (χ3v) is 5.47. The van der Waals surface area contributed by atoms with Crippen LogP contribution in [0.15, 0.2) is 24.3 Å². The Morgan fingerprint density at radius 1 is 1.12 bits per heavy atom. The van der Waals surface area contributed by atoms with Gasteiger partial charge in [0, 0.05) is 13.1 Å². The highest BCUT2D eigenvalue weighted by molar-refractivity contribution is 5.92. The van der Waals surface area contributed by atoms with E-state index in [9.17, 15) is 19.5 Å². The van der Waals surface area contributed by atoms with Crippen molar-refractivity contribution in [3.05, 3.63) is 29.8 Å². The van der Waals surface area contributed by atoms with Gasteiger partial charge in [-0.25, -0.2) is 4.79 Å². The molecule has 0 radical (unpaired) electrons. The van der Waals surface area contributed by atoms with Crippen LogP contribution in [0.5, 0.6) is 5.75 Å². The molecule has 8 nitrogen and oxygen atoms in total. The van der Waals surface area contributed by atoms with Crippen molar-refractivity contribution >= 4 is 17.9 Å². The molecule has 0 aliphatic rings. The van der Waals surface area contributed by atoms with Gasteiger partial charge in [-0.1, -0.05) is 52.7 Å². The van der Waals surface area contributed by atoms with Crippen LogP contribution in [-0.2, 0) is 14.3 Å². The van der Waals surface area contributed by atoms with E-state index in [1.807, 2.05) is 27.7 Å². The summed E-state index contributed by atoms with van der Waals surface area (Å²) in [5, 5.41) is 15.7. The first kappa shape index (κ1) is 29.3. The quantitative estimate of drug-likeness (QED) is 0.383. The number of nitrogens with one attached hydrogen (secondary N) is 2. The number of benzene rings is 1. The first-order chi connectivity index (χ1) is 15.9. The Kier molecular flexibility index (Phi) is 11.9. The molecule has 1 rings (SSSR count). The van der Waals surface area contributed by atoms with E-state index in [-0.39, 0.29) is 23.5 Å². The van der Waals surface area contributed by atoms with E-state index in [0.29, 0.717) is 31.5 Å². The number of hydrogen-bond acceptors (Lipinski definition) is 5. The van der Waals surface area contributed by atoms with Gasteiger partial charge in [0.1, 0.15) is 23.4 Å². The minimum absolute atomic E-state index is 0.0121. The zero-order valence-electron chi connectivity index (χ0n) is 21.8. The molecular formula is C26H43N3O5. The van der Waals surface area contributed by atoms with E-state index in [2.05, 4.69) is 10.6 Å². The molecular weight excluding hydrogens is 434 g/mol. The summed E-state index contributed by atoms with van der Waals surface area (Å²) in [7, 11) is 0. The van der Waals surface area contributed by atoms with Crippen molar-refractivity contribution in [3.8, 4) is 5.75 Å². The van der Waals surface area contributed by atoms with Gasteiger partial charge in [-0.05, 0) is 57.2 Å². The van der Waals surface area contributed by atoms with Crippen molar-refractivity contribution in [3.63, 3.8) is 0 Å². The first-order valence-electron chi connectivity index (χ1n) is 12.3. The van der Waals surface area contributed by atoms with Gasteiger partial charge in [0.25, 0.3) is 0 Å². The molecule has 0 aliphatic heterocycles. The highest BCUT2D eigenvalue weighted by Gasteiger charge is 2.37. The first-order valence-corrected chi connectivity index (χ1v) is 12.3. The molecule has 3 unspecified atom stereocenters. The second-order valence-corrected chi connectivity index (χ2v) is 9.68. The summed E-state index contributed by atoms with van der Waals surface area (Å²) in [6.07, 6.45) is 2.32. The summed E-state index contributed by atoms with van der Waals surface area (Å²) < 4.78 is 5.39. The van der Waals surface area contributed by atoms with Crippen LogP contribution in [-0.4, -0.2) is 52.6 Å². The molecule has 0 bridgehead atoms. The number of nitrogens with zero attached hydrogens (tertiary/aromatic N) is 1. The number of unbranched alkanes of at least 4 members (excludes halogenated alkanes) is 1. The fraction of sp³-hybridized carbons (Fsp3) is 0.654. The van der Waals surface area contributed by atoms with Gasteiger partial charge in [0.05, 0.1) is 0 Å². The molecule has 1 aromatic rings. The summed E-state index contributed by atoms with van der Waals surface area (Å²) in [6.45, 7) is 13.9. The zero-order valence-corrected chi connectivity index (χ0v) is 21.8. The molecule has 0 heterocycles. The van der Waals surface area contributed by atoms with E-state index < -0.39 is 23.8 Å². The number of carbonyl (C=O) groups excluding carboxylic acids is 3. The van der Waals surface area contributed by atoms with Gasteiger partial charge < -0.3 is 25.4 Å². The Morgan fingerprint density at radius 2 is 1.79 bits per heavy atom. The highest BCUT2D eigenvalue weighted by Crippen LogP contribution is 2.27. The minimum atomic E-state index is -0.941. The molecule has 0 fully saturated rings. The van der Waals surface area contributed by atoms with Gasteiger partial charge in [0.2, 0.25) is 11.8 Å². The van der Waals surface area contributed by atoms with Gasteiger partial charge in [-0.2, -0.15) is 0 Å². The summed E-state index contributed by atoms with van der Waals surface area (Å²) in [5.41, 5.74) is -0.199. The molecule has 34 heavy (non-hydrogen) atoms. The standard InChI is InChI=1S/C26H43N3O5/c1-8-11-15-27-23(31)22(19-13-12-14-20(30)17-19)29(16-9-2)24(32)21(18(4)10-3)28-25(33)34-26(5,6)7/h12-14,17-18,21-22,30H,8-11,15-16H2,1-7H3,(H,27,31)(H,28,33). The fourth-order valence-electron chi connectivity index (χ4n) is 3.56. The third-order valence-electron chi connectivity index (χ3n) is 5.47. The Bertz CT molecular complexity index is 806. The molecule has 3 atom stereocenters. The third kappa shape index (κ3) is 9.23. The van der Waals surface area contributed by atoms with Crippen LogP contribution in [0.25, 0.3) is 0 Å². The Balaban J connectivity index is 3.39. The van der Waals surface area contributed by atoms with Gasteiger partial charge in [-0.3, -0.25) is 9.59 Å². The number of amides is 3. The monoisotopic (exact) mass is 477 g/mol. The lowest BCUT2D eigenvalue weighted by Gasteiger charge is -2.36. The number of rotatable bonds is 12. The van der Waals surface area contributed by atoms with Crippen molar-refractivity contribution in [2.45, 2.75) is 91.8 Å². The topological polar surface area (TPSA) is 108 Å². The number of phenolic OH excluding ortho intramolecular Hbond substituents is 1. The largest absolute Gasteiger partial charge is 0.508 e. The van der Waals surface area contributed by atoms with Crippen LogP contribution in [0.1, 0.15) is 85.8 Å². The molecule has 1 aromatic carbocycles. The lowest BCUT2D eigenvalue weighted by atomic mass is 9.95.